The first-order chi connectivity index (χ1) is 17.7. The molecule has 1 aromatic carbocycles. The topological polar surface area (TPSA) is 178 Å². The van der Waals surface area contributed by atoms with Crippen LogP contribution in [0.2, 0.25) is 0 Å². The van der Waals surface area contributed by atoms with E-state index in [1.165, 1.54) is 36.2 Å². The molecule has 2 amide bonds. The second-order valence-electron chi connectivity index (χ2n) is 8.40. The number of oxime groups is 1. The summed E-state index contributed by atoms with van der Waals surface area (Å²) in [6.07, 6.45) is 0.846. The van der Waals surface area contributed by atoms with Crippen molar-refractivity contribution in [2.75, 3.05) is 45.2 Å². The Hall–Kier alpha value is -1.98. The maximum Gasteiger partial charge on any atom is 1.00 e. The van der Waals surface area contributed by atoms with Gasteiger partial charge in [0.15, 0.2) is 0 Å². The van der Waals surface area contributed by atoms with E-state index in [1.807, 2.05) is 0 Å². The number of nitrogens with one attached hydrogen (secondary N) is 1. The quantitative estimate of drug-likeness (QED) is 0.0682. The van der Waals surface area contributed by atoms with Gasteiger partial charge in [0.05, 0.1) is 42.4 Å². The van der Waals surface area contributed by atoms with Gasteiger partial charge >= 0.3 is 29.6 Å². The van der Waals surface area contributed by atoms with Crippen molar-refractivity contribution in [2.24, 2.45) is 5.16 Å². The summed E-state index contributed by atoms with van der Waals surface area (Å²) in [5.41, 5.74) is -0.0332. The third-order valence-corrected chi connectivity index (χ3v) is 8.25. The van der Waals surface area contributed by atoms with Crippen molar-refractivity contribution >= 4 is 45.9 Å². The van der Waals surface area contributed by atoms with Crippen molar-refractivity contribution in [3.63, 3.8) is 0 Å². The minimum atomic E-state index is -4.54. The molecule has 38 heavy (non-hydrogen) atoms. The summed E-state index contributed by atoms with van der Waals surface area (Å²) in [6.45, 7) is 3.86. The number of amides is 2. The first-order valence-corrected chi connectivity index (χ1v) is 13.8. The van der Waals surface area contributed by atoms with Crippen molar-refractivity contribution in [3.8, 4) is 0 Å². The van der Waals surface area contributed by atoms with Gasteiger partial charge in [0, 0.05) is 31.0 Å². The molecule has 0 bridgehead atoms. The average Bonchev–Trinajstić information content (AvgIpc) is 2.86. The van der Waals surface area contributed by atoms with Crippen molar-refractivity contribution in [2.45, 2.75) is 22.7 Å². The third kappa shape index (κ3) is 7.15. The summed E-state index contributed by atoms with van der Waals surface area (Å²) in [6, 6.07) is 4.45. The van der Waals surface area contributed by atoms with Gasteiger partial charge in [0.1, 0.15) is 18.0 Å². The zero-order valence-corrected chi connectivity index (χ0v) is 24.2. The molecule has 0 unspecified atom stereocenters. The molecule has 0 aromatic heterocycles. The third-order valence-electron chi connectivity index (χ3n) is 5.99. The molecule has 16 heteroatoms. The van der Waals surface area contributed by atoms with Crippen LogP contribution in [-0.4, -0.2) is 103 Å². The zero-order chi connectivity index (χ0) is 26.6. The number of rotatable bonds is 10. The second-order valence-corrected chi connectivity index (χ2v) is 10.9. The fourth-order valence-electron chi connectivity index (χ4n) is 4.18. The Balaban J connectivity index is 0.00000400. The van der Waals surface area contributed by atoms with Crippen LogP contribution in [0.3, 0.4) is 0 Å². The second kappa shape index (κ2) is 13.4. The normalized spacial score (nSPS) is 21.9. The van der Waals surface area contributed by atoms with Gasteiger partial charge in [-0.15, -0.1) is 11.8 Å². The minimum absolute atomic E-state index is 0. The van der Waals surface area contributed by atoms with Gasteiger partial charge in [-0.05, 0) is 11.6 Å². The van der Waals surface area contributed by atoms with Crippen LogP contribution in [0.4, 0.5) is 0 Å². The number of aliphatic carboxylic acids is 1. The first-order valence-electron chi connectivity index (χ1n) is 11.4. The summed E-state index contributed by atoms with van der Waals surface area (Å²) in [4.78, 5) is 45.2. The summed E-state index contributed by atoms with van der Waals surface area (Å²) >= 11 is 1.23. The van der Waals surface area contributed by atoms with Crippen LogP contribution in [-0.2, 0) is 40.5 Å². The Kier molecular flexibility index (Phi) is 10.8. The number of fused-ring (bicyclic) bond motifs is 1. The monoisotopic (exact) mass is 576 g/mol. The number of carboxylic acid groups (broad SMARTS) is 1. The number of hydrogen-bond acceptors (Lipinski definition) is 11. The molecule has 0 saturated carbocycles. The number of carboxylic acids is 1. The number of thioether (sulfide) groups is 1. The molecule has 2 atom stereocenters. The molecule has 3 aliphatic rings. The number of benzene rings is 1. The van der Waals surface area contributed by atoms with E-state index in [0.29, 0.717) is 26.4 Å². The van der Waals surface area contributed by atoms with Crippen LogP contribution >= 0.6 is 11.8 Å². The molecule has 2 N–H and O–H groups in total. The molecular weight excluding hydrogens is 551 g/mol. The predicted molar refractivity (Wildman–Crippen MR) is 129 cm³/mol. The Morgan fingerprint density at radius 1 is 1.29 bits per heavy atom. The van der Waals surface area contributed by atoms with E-state index in [2.05, 4.69) is 15.4 Å². The largest absolute Gasteiger partial charge is 1.00 e. The number of carbonyl (C=O) groups is 3. The zero-order valence-electron chi connectivity index (χ0n) is 20.6. The maximum absolute atomic E-state index is 12.8. The summed E-state index contributed by atoms with van der Waals surface area (Å²) < 4.78 is 37.7. The molecule has 0 radical (unpaired) electrons. The molecule has 1 aromatic rings. The maximum atomic E-state index is 12.8. The van der Waals surface area contributed by atoms with Gasteiger partial charge in [0.25, 0.3) is 16.0 Å². The van der Waals surface area contributed by atoms with E-state index in [9.17, 15) is 32.5 Å². The number of carbonyl (C=O) groups excluding carboxylic acids is 3. The van der Waals surface area contributed by atoms with Crippen molar-refractivity contribution < 1.29 is 71.6 Å². The van der Waals surface area contributed by atoms with Crippen LogP contribution in [0, 0.1) is 0 Å². The molecule has 13 nitrogen and oxygen atoms in total. The molecule has 0 spiro atoms. The van der Waals surface area contributed by atoms with E-state index in [0.717, 1.165) is 24.1 Å². The van der Waals surface area contributed by atoms with Crippen molar-refractivity contribution in [1.82, 2.24) is 15.1 Å². The molecule has 0 aliphatic carbocycles. The average molecular weight is 577 g/mol. The summed E-state index contributed by atoms with van der Waals surface area (Å²) in [7, 11) is -4.54. The molecule has 3 aliphatic heterocycles. The fraction of sp³-hybridized carbons (Fsp3) is 0.455. The molecule has 4 rings (SSSR count). The van der Waals surface area contributed by atoms with Gasteiger partial charge in [-0.1, -0.05) is 23.4 Å². The Bertz CT molecular complexity index is 1230. The minimum Gasteiger partial charge on any atom is -0.543 e. The molecule has 2 fully saturated rings. The number of hydrogen-bond donors (Lipinski definition) is 2. The Labute approximate surface area is 245 Å². The molecular formula is C22H25N4NaO9S2. The van der Waals surface area contributed by atoms with E-state index in [1.54, 1.807) is 0 Å². The molecule has 200 valence electrons. The van der Waals surface area contributed by atoms with Crippen LogP contribution in [0.1, 0.15) is 5.56 Å². The fourth-order valence-corrected chi connectivity index (χ4v) is 6.20. The standard InChI is InChI=1S/C22H26N4O9S2.Na/c27-17(11-14-3-1-2-4-16(14)37(31,32)33)24-18-20(28)26-19(22(29)30)15(13-36-21(18)26)12-23-35-10-7-25-5-8-34-9-6-25;/h1-4,12,18,21H,5-11,13H2,(H,24,27)(H,29,30)(H,31,32,33);/q;+1/p-1/b23-12+;/t18-,21-;/m1./s1. The molecule has 3 heterocycles. The predicted octanol–water partition coefficient (Wildman–Crippen LogP) is -4.78. The van der Waals surface area contributed by atoms with E-state index in [4.69, 9.17) is 9.57 Å². The van der Waals surface area contributed by atoms with Crippen LogP contribution in [0.5, 0.6) is 0 Å². The Morgan fingerprint density at radius 2 is 2.00 bits per heavy atom. The van der Waals surface area contributed by atoms with Gasteiger partial charge in [0.2, 0.25) is 5.91 Å². The van der Waals surface area contributed by atoms with Crippen LogP contribution in [0.25, 0.3) is 0 Å². The number of ether oxygens (including phenoxy) is 1. The SMILES string of the molecule is O=C(Cc1ccccc1S(=O)(=O)O)N[C@@H]1C(=O)N2C(C(=O)[O-])=C(/C=N/OCCN3CCOCC3)CS[C@H]12.[Na+]. The van der Waals surface area contributed by atoms with Crippen LogP contribution < -0.4 is 40.0 Å². The molecule has 2 saturated heterocycles. The summed E-state index contributed by atoms with van der Waals surface area (Å²) in [5, 5.41) is 17.5. The van der Waals surface area contributed by atoms with Crippen molar-refractivity contribution in [1.29, 1.82) is 0 Å². The van der Waals surface area contributed by atoms with E-state index < -0.39 is 50.6 Å². The van der Waals surface area contributed by atoms with Gasteiger partial charge in [-0.3, -0.25) is 23.9 Å². The first kappa shape index (κ1) is 30.6. The number of morpholine rings is 1. The summed E-state index contributed by atoms with van der Waals surface area (Å²) in [5.74, 6) is -2.67. The van der Waals surface area contributed by atoms with Crippen molar-refractivity contribution in [3.05, 3.63) is 41.1 Å². The van der Waals surface area contributed by atoms with E-state index >= 15 is 0 Å². The van der Waals surface area contributed by atoms with Gasteiger partial charge in [-0.2, -0.15) is 8.42 Å². The number of nitrogens with zero attached hydrogens (tertiary/aromatic N) is 3. The van der Waals surface area contributed by atoms with Crippen LogP contribution in [0.15, 0.2) is 45.6 Å². The van der Waals surface area contributed by atoms with Gasteiger partial charge in [-0.25, -0.2) is 0 Å². The smallest absolute Gasteiger partial charge is 0.543 e. The number of β-lactam (4-membered cyclic amide) rings is 1. The Morgan fingerprint density at radius 3 is 2.68 bits per heavy atom. The van der Waals surface area contributed by atoms with E-state index in [-0.39, 0.29) is 52.1 Å². The van der Waals surface area contributed by atoms with Gasteiger partial charge < -0.3 is 24.8 Å².